The zero-order valence-electron chi connectivity index (χ0n) is 17.9. The lowest BCUT2D eigenvalue weighted by molar-refractivity contribution is -0.114. The Morgan fingerprint density at radius 3 is 2.61 bits per heavy atom. The summed E-state index contributed by atoms with van der Waals surface area (Å²) in [6.07, 6.45) is 1.66. The number of hydrazone groups is 1. The molecule has 0 saturated carbocycles. The third-order valence-electron chi connectivity index (χ3n) is 5.17. The monoisotopic (exact) mass is 452 g/mol. The number of nitrogens with one attached hydrogen (secondary N) is 1. The molecule has 6 nitrogen and oxygen atoms in total. The summed E-state index contributed by atoms with van der Waals surface area (Å²) in [5.41, 5.74) is 4.09. The molecule has 1 amide bonds. The number of amidine groups is 2. The van der Waals surface area contributed by atoms with Crippen LogP contribution in [0.2, 0.25) is 0 Å². The van der Waals surface area contributed by atoms with Crippen molar-refractivity contribution < 1.29 is 9.53 Å². The molecule has 3 aromatic carbocycles. The number of carbonyl (C=O) groups excluding carboxylic acids is 1. The van der Waals surface area contributed by atoms with Gasteiger partial charge in [-0.05, 0) is 48.0 Å². The van der Waals surface area contributed by atoms with E-state index in [0.717, 1.165) is 22.3 Å². The molecule has 2 aliphatic heterocycles. The van der Waals surface area contributed by atoms with Gasteiger partial charge in [-0.3, -0.25) is 10.2 Å². The first kappa shape index (κ1) is 20.9. The highest BCUT2D eigenvalue weighted by Crippen LogP contribution is 2.31. The SMILES string of the molecule is Cc1ccc(C2=NN3C(=N)/C(=C/c4cccc(OCc5ccccc5)c4)C(=O)N=C3S2)cc1. The van der Waals surface area contributed by atoms with Crippen molar-refractivity contribution in [3.05, 3.63) is 107 Å². The Balaban J connectivity index is 1.37. The summed E-state index contributed by atoms with van der Waals surface area (Å²) in [5.74, 6) is 0.244. The highest BCUT2D eigenvalue weighted by atomic mass is 32.2. The van der Waals surface area contributed by atoms with Crippen LogP contribution in [-0.2, 0) is 11.4 Å². The smallest absolute Gasteiger partial charge is 0.283 e. The topological polar surface area (TPSA) is 78.1 Å². The maximum absolute atomic E-state index is 12.7. The standard InChI is InChI=1S/C26H20N4O2S/c1-17-10-12-20(13-11-17)25-29-30-23(27)22(24(31)28-26(30)33-25)15-19-8-5-9-21(14-19)32-16-18-6-3-2-4-7-18/h2-15,27H,16H2,1H3/b22-15-,27-23?. The van der Waals surface area contributed by atoms with Crippen LogP contribution < -0.4 is 4.74 Å². The van der Waals surface area contributed by atoms with Crippen molar-refractivity contribution in [2.75, 3.05) is 0 Å². The molecule has 162 valence electrons. The summed E-state index contributed by atoms with van der Waals surface area (Å²) in [6.45, 7) is 2.47. The van der Waals surface area contributed by atoms with Crippen molar-refractivity contribution in [1.82, 2.24) is 5.01 Å². The van der Waals surface area contributed by atoms with Crippen LogP contribution in [0.3, 0.4) is 0 Å². The molecule has 0 atom stereocenters. The lowest BCUT2D eigenvalue weighted by Crippen LogP contribution is -2.35. The maximum atomic E-state index is 12.7. The van der Waals surface area contributed by atoms with Crippen molar-refractivity contribution in [2.45, 2.75) is 13.5 Å². The number of hydrogen-bond acceptors (Lipinski definition) is 5. The van der Waals surface area contributed by atoms with Gasteiger partial charge >= 0.3 is 0 Å². The molecule has 0 aromatic heterocycles. The predicted molar refractivity (Wildman–Crippen MR) is 133 cm³/mol. The number of fused-ring (bicyclic) bond motifs is 1. The van der Waals surface area contributed by atoms with Crippen molar-refractivity contribution in [2.24, 2.45) is 10.1 Å². The molecule has 7 heteroatoms. The third-order valence-corrected chi connectivity index (χ3v) is 6.13. The Hall–Kier alpha value is -3.97. The third kappa shape index (κ3) is 4.49. The van der Waals surface area contributed by atoms with Crippen molar-refractivity contribution in [1.29, 1.82) is 5.41 Å². The second-order valence-electron chi connectivity index (χ2n) is 7.64. The number of aryl methyl sites for hydroxylation is 1. The normalized spacial score (nSPS) is 16.5. The van der Waals surface area contributed by atoms with Crippen LogP contribution in [-0.4, -0.2) is 27.0 Å². The number of aliphatic imine (C=N–C) groups is 1. The van der Waals surface area contributed by atoms with E-state index >= 15 is 0 Å². The highest BCUT2D eigenvalue weighted by molar-refractivity contribution is 8.27. The quantitative estimate of drug-likeness (QED) is 0.537. The fraction of sp³-hybridized carbons (Fsp3) is 0.0769. The molecule has 0 radical (unpaired) electrons. The Labute approximate surface area is 195 Å². The number of ether oxygens (including phenoxy) is 1. The van der Waals surface area contributed by atoms with Crippen molar-refractivity contribution >= 4 is 39.8 Å². The molecular weight excluding hydrogens is 432 g/mol. The summed E-state index contributed by atoms with van der Waals surface area (Å²) in [6, 6.07) is 25.3. The molecule has 0 bridgehead atoms. The van der Waals surface area contributed by atoms with Gasteiger partial charge in [0.1, 0.15) is 17.4 Å². The van der Waals surface area contributed by atoms with Gasteiger partial charge in [0.2, 0.25) is 5.17 Å². The number of carbonyl (C=O) groups is 1. The van der Waals surface area contributed by atoms with E-state index in [2.05, 4.69) is 10.1 Å². The predicted octanol–water partition coefficient (Wildman–Crippen LogP) is 5.24. The fourth-order valence-electron chi connectivity index (χ4n) is 3.41. The molecule has 5 rings (SSSR count). The van der Waals surface area contributed by atoms with Gasteiger partial charge in [0.25, 0.3) is 5.91 Å². The van der Waals surface area contributed by atoms with E-state index < -0.39 is 5.91 Å². The van der Waals surface area contributed by atoms with E-state index in [9.17, 15) is 4.79 Å². The first-order valence-corrected chi connectivity index (χ1v) is 11.2. The molecule has 3 aromatic rings. The van der Waals surface area contributed by atoms with Gasteiger partial charge in [-0.15, -0.1) is 0 Å². The Morgan fingerprint density at radius 2 is 1.82 bits per heavy atom. The van der Waals surface area contributed by atoms with Crippen molar-refractivity contribution in [3.8, 4) is 5.75 Å². The van der Waals surface area contributed by atoms with Gasteiger partial charge in [-0.25, -0.2) is 0 Å². The number of benzene rings is 3. The van der Waals surface area contributed by atoms with Crippen LogP contribution in [0, 0.1) is 12.3 Å². The van der Waals surface area contributed by atoms with Crippen LogP contribution in [0.4, 0.5) is 0 Å². The summed E-state index contributed by atoms with van der Waals surface area (Å²) in [7, 11) is 0. The molecular formula is C26H20N4O2S. The average Bonchev–Trinajstić information content (AvgIpc) is 3.26. The highest BCUT2D eigenvalue weighted by Gasteiger charge is 2.36. The lowest BCUT2D eigenvalue weighted by atomic mass is 10.1. The molecule has 2 aliphatic rings. The largest absolute Gasteiger partial charge is 0.489 e. The fourth-order valence-corrected chi connectivity index (χ4v) is 4.30. The lowest BCUT2D eigenvalue weighted by Gasteiger charge is -2.20. The summed E-state index contributed by atoms with van der Waals surface area (Å²) < 4.78 is 5.89. The van der Waals surface area contributed by atoms with Gasteiger partial charge in [-0.2, -0.15) is 15.1 Å². The number of hydrogen-bond donors (Lipinski definition) is 1. The summed E-state index contributed by atoms with van der Waals surface area (Å²) >= 11 is 1.29. The molecule has 0 fully saturated rings. The number of thioether (sulfide) groups is 1. The molecule has 0 saturated heterocycles. The van der Waals surface area contributed by atoms with Crippen LogP contribution in [0.15, 0.2) is 94.5 Å². The molecule has 33 heavy (non-hydrogen) atoms. The minimum atomic E-state index is -0.449. The molecule has 0 spiro atoms. The van der Waals surface area contributed by atoms with Gasteiger partial charge in [0, 0.05) is 5.56 Å². The number of nitrogens with zero attached hydrogens (tertiary/aromatic N) is 3. The number of rotatable bonds is 5. The maximum Gasteiger partial charge on any atom is 0.283 e. The molecule has 0 aliphatic carbocycles. The minimum absolute atomic E-state index is 0.00946. The zero-order chi connectivity index (χ0) is 22.8. The van der Waals surface area contributed by atoms with E-state index in [1.54, 1.807) is 6.08 Å². The van der Waals surface area contributed by atoms with Crippen LogP contribution in [0.1, 0.15) is 22.3 Å². The van der Waals surface area contributed by atoms with Crippen LogP contribution >= 0.6 is 11.8 Å². The van der Waals surface area contributed by atoms with Crippen LogP contribution in [0.5, 0.6) is 5.75 Å². The van der Waals surface area contributed by atoms with E-state index in [1.807, 2.05) is 85.8 Å². The van der Waals surface area contributed by atoms with Crippen molar-refractivity contribution in [3.63, 3.8) is 0 Å². The Bertz CT molecular complexity index is 1330. The average molecular weight is 453 g/mol. The first-order chi connectivity index (χ1) is 16.1. The summed E-state index contributed by atoms with van der Waals surface area (Å²) in [5, 5.41) is 15.7. The van der Waals surface area contributed by atoms with E-state index in [4.69, 9.17) is 10.1 Å². The van der Waals surface area contributed by atoms with E-state index in [-0.39, 0.29) is 11.4 Å². The van der Waals surface area contributed by atoms with Gasteiger partial charge in [0.15, 0.2) is 5.84 Å². The zero-order valence-corrected chi connectivity index (χ0v) is 18.7. The minimum Gasteiger partial charge on any atom is -0.489 e. The van der Waals surface area contributed by atoms with E-state index in [0.29, 0.717) is 22.6 Å². The van der Waals surface area contributed by atoms with E-state index in [1.165, 1.54) is 16.8 Å². The Kier molecular flexibility index (Phi) is 5.62. The van der Waals surface area contributed by atoms with Gasteiger partial charge in [-0.1, -0.05) is 72.3 Å². The van der Waals surface area contributed by atoms with Gasteiger partial charge < -0.3 is 4.74 Å². The molecule has 2 heterocycles. The van der Waals surface area contributed by atoms with Crippen LogP contribution in [0.25, 0.3) is 6.08 Å². The second kappa shape index (κ2) is 8.88. The number of amides is 1. The molecule has 0 unspecified atom stereocenters. The molecule has 1 N–H and O–H groups in total. The summed E-state index contributed by atoms with van der Waals surface area (Å²) in [4.78, 5) is 16.9. The Morgan fingerprint density at radius 1 is 1.03 bits per heavy atom. The van der Waals surface area contributed by atoms with Gasteiger partial charge in [0.05, 0.1) is 5.57 Å². The first-order valence-electron chi connectivity index (χ1n) is 10.4. The second-order valence-corrected chi connectivity index (χ2v) is 8.59.